The average Bonchev–Trinajstić information content (AvgIpc) is 2.39. The number of hydrogen-bond acceptors (Lipinski definition) is 4. The molecule has 1 aliphatic rings. The number of nitrogens with zero attached hydrogens (tertiary/aromatic N) is 2. The topological polar surface area (TPSA) is 66.6 Å². The summed E-state index contributed by atoms with van der Waals surface area (Å²) < 4.78 is 0. The van der Waals surface area contributed by atoms with E-state index in [2.05, 4.69) is 4.90 Å². The number of likely N-dealkylation sites (tertiary alicyclic amines) is 1. The van der Waals surface area contributed by atoms with Gasteiger partial charge in [0, 0.05) is 24.2 Å². The molecule has 1 heterocycles. The van der Waals surface area contributed by atoms with Crippen molar-refractivity contribution in [2.45, 2.75) is 44.9 Å². The average molecular weight is 264 g/mol. The lowest BCUT2D eigenvalue weighted by Gasteiger charge is -2.37. The van der Waals surface area contributed by atoms with Crippen molar-refractivity contribution in [3.63, 3.8) is 0 Å². The Bertz CT molecular complexity index is 448. The molecule has 0 bridgehead atoms. The summed E-state index contributed by atoms with van der Waals surface area (Å²) in [4.78, 5) is 12.8. The van der Waals surface area contributed by atoms with Gasteiger partial charge in [-0.25, -0.2) is 0 Å². The van der Waals surface area contributed by atoms with Gasteiger partial charge in [0.15, 0.2) is 0 Å². The van der Waals surface area contributed by atoms with Gasteiger partial charge in [0.2, 0.25) is 0 Å². The van der Waals surface area contributed by atoms with E-state index in [0.717, 1.165) is 31.4 Å². The Balaban J connectivity index is 2.17. The van der Waals surface area contributed by atoms with Crippen molar-refractivity contribution in [2.75, 3.05) is 6.54 Å². The van der Waals surface area contributed by atoms with E-state index in [1.807, 2.05) is 6.07 Å². The van der Waals surface area contributed by atoms with Crippen molar-refractivity contribution in [3.05, 3.63) is 39.9 Å². The Hall–Kier alpha value is -1.46. The van der Waals surface area contributed by atoms with E-state index in [0.29, 0.717) is 6.54 Å². The molecular weight excluding hydrogens is 244 g/mol. The van der Waals surface area contributed by atoms with Gasteiger partial charge in [-0.2, -0.15) is 0 Å². The van der Waals surface area contributed by atoms with E-state index in [4.69, 9.17) is 0 Å². The molecule has 19 heavy (non-hydrogen) atoms. The minimum Gasteiger partial charge on any atom is -0.392 e. The first-order chi connectivity index (χ1) is 9.09. The predicted octanol–water partition coefficient (Wildman–Crippen LogP) is 2.33. The van der Waals surface area contributed by atoms with Crippen molar-refractivity contribution in [1.82, 2.24) is 4.90 Å². The number of benzene rings is 1. The van der Waals surface area contributed by atoms with Gasteiger partial charge in [0.05, 0.1) is 11.0 Å². The van der Waals surface area contributed by atoms with Crippen LogP contribution >= 0.6 is 0 Å². The highest BCUT2D eigenvalue weighted by atomic mass is 16.6. The summed E-state index contributed by atoms with van der Waals surface area (Å²) in [5, 5.41) is 20.8. The Morgan fingerprint density at radius 3 is 2.89 bits per heavy atom. The zero-order valence-corrected chi connectivity index (χ0v) is 11.2. The minimum absolute atomic E-state index is 0.105. The standard InChI is InChI=1S/C14H20N2O3/c1-11(17)13-7-4-5-9-15(13)10-12-6-2-3-8-14(12)16(18)19/h2-3,6,8,11,13,17H,4-5,7,9-10H2,1H3/t11-,13+/m1/s1. The number of rotatable bonds is 4. The largest absolute Gasteiger partial charge is 0.392 e. The van der Waals surface area contributed by atoms with Gasteiger partial charge >= 0.3 is 0 Å². The number of nitro groups is 1. The fraction of sp³-hybridized carbons (Fsp3) is 0.571. The second-order valence-corrected chi connectivity index (χ2v) is 5.16. The van der Waals surface area contributed by atoms with Crippen LogP contribution in [-0.2, 0) is 6.54 Å². The molecule has 2 atom stereocenters. The zero-order chi connectivity index (χ0) is 13.8. The van der Waals surface area contributed by atoms with Gasteiger partial charge in [-0.15, -0.1) is 0 Å². The van der Waals surface area contributed by atoms with Crippen LogP contribution in [0.2, 0.25) is 0 Å². The maximum absolute atomic E-state index is 11.0. The van der Waals surface area contributed by atoms with E-state index < -0.39 is 6.10 Å². The highest BCUT2D eigenvalue weighted by molar-refractivity contribution is 5.39. The lowest BCUT2D eigenvalue weighted by atomic mass is 9.97. The van der Waals surface area contributed by atoms with E-state index in [-0.39, 0.29) is 16.7 Å². The Kier molecular flexibility index (Phi) is 4.50. The molecule has 0 spiro atoms. The van der Waals surface area contributed by atoms with Crippen LogP contribution < -0.4 is 0 Å². The molecule has 5 nitrogen and oxygen atoms in total. The fourth-order valence-electron chi connectivity index (χ4n) is 2.80. The maximum Gasteiger partial charge on any atom is 0.273 e. The highest BCUT2D eigenvalue weighted by Crippen LogP contribution is 2.25. The molecule has 1 fully saturated rings. The number of para-hydroxylation sites is 1. The van der Waals surface area contributed by atoms with Gasteiger partial charge in [0.1, 0.15) is 0 Å². The van der Waals surface area contributed by atoms with Crippen LogP contribution in [0.15, 0.2) is 24.3 Å². The van der Waals surface area contributed by atoms with Gasteiger partial charge in [-0.3, -0.25) is 15.0 Å². The number of piperidine rings is 1. The highest BCUT2D eigenvalue weighted by Gasteiger charge is 2.27. The predicted molar refractivity (Wildman–Crippen MR) is 72.8 cm³/mol. The van der Waals surface area contributed by atoms with E-state index in [1.54, 1.807) is 19.1 Å². The first kappa shape index (κ1) is 14.0. The van der Waals surface area contributed by atoms with Gasteiger partial charge < -0.3 is 5.11 Å². The molecule has 1 aromatic rings. The molecule has 1 N–H and O–H groups in total. The summed E-state index contributed by atoms with van der Waals surface area (Å²) in [5.41, 5.74) is 0.887. The maximum atomic E-state index is 11.0. The van der Waals surface area contributed by atoms with Crippen molar-refractivity contribution in [3.8, 4) is 0 Å². The zero-order valence-electron chi connectivity index (χ0n) is 11.2. The van der Waals surface area contributed by atoms with Crippen molar-refractivity contribution in [1.29, 1.82) is 0 Å². The van der Waals surface area contributed by atoms with Crippen LogP contribution in [0, 0.1) is 10.1 Å². The number of hydrogen-bond donors (Lipinski definition) is 1. The second-order valence-electron chi connectivity index (χ2n) is 5.16. The molecule has 1 aliphatic heterocycles. The van der Waals surface area contributed by atoms with Gasteiger partial charge in [0.25, 0.3) is 5.69 Å². The van der Waals surface area contributed by atoms with E-state index in [9.17, 15) is 15.2 Å². The Morgan fingerprint density at radius 2 is 2.21 bits per heavy atom. The fourth-order valence-corrected chi connectivity index (χ4v) is 2.80. The molecule has 2 rings (SSSR count). The second kappa shape index (κ2) is 6.12. The molecule has 1 aromatic carbocycles. The molecule has 0 amide bonds. The van der Waals surface area contributed by atoms with Crippen LogP contribution in [0.25, 0.3) is 0 Å². The monoisotopic (exact) mass is 264 g/mol. The van der Waals surface area contributed by atoms with Crippen LogP contribution in [0.4, 0.5) is 5.69 Å². The van der Waals surface area contributed by atoms with Gasteiger partial charge in [-0.1, -0.05) is 24.6 Å². The molecule has 0 aliphatic carbocycles. The SMILES string of the molecule is C[C@@H](O)[C@@H]1CCCCN1Cc1ccccc1[N+](=O)[O-]. The Labute approximate surface area is 113 Å². The lowest BCUT2D eigenvalue weighted by Crippen LogP contribution is -2.45. The quantitative estimate of drug-likeness (QED) is 0.669. The van der Waals surface area contributed by atoms with Gasteiger partial charge in [-0.05, 0) is 26.3 Å². The number of nitro benzene ring substituents is 1. The molecule has 5 heteroatoms. The summed E-state index contributed by atoms with van der Waals surface area (Å²) >= 11 is 0. The van der Waals surface area contributed by atoms with Crippen molar-refractivity contribution in [2.24, 2.45) is 0 Å². The van der Waals surface area contributed by atoms with Crippen LogP contribution in [0.3, 0.4) is 0 Å². The summed E-state index contributed by atoms with van der Waals surface area (Å²) in [7, 11) is 0. The smallest absolute Gasteiger partial charge is 0.273 e. The third-order valence-corrected chi connectivity index (χ3v) is 3.78. The number of aliphatic hydroxyl groups is 1. The van der Waals surface area contributed by atoms with E-state index in [1.165, 1.54) is 6.07 Å². The summed E-state index contributed by atoms with van der Waals surface area (Å²) in [6.45, 7) is 3.22. The van der Waals surface area contributed by atoms with Crippen molar-refractivity contribution >= 4 is 5.69 Å². The first-order valence-electron chi connectivity index (χ1n) is 6.74. The molecule has 104 valence electrons. The summed E-state index contributed by atoms with van der Waals surface area (Å²) in [6.07, 6.45) is 2.76. The van der Waals surface area contributed by atoms with Crippen LogP contribution in [0.5, 0.6) is 0 Å². The molecule has 0 aromatic heterocycles. The van der Waals surface area contributed by atoms with Crippen molar-refractivity contribution < 1.29 is 10.0 Å². The van der Waals surface area contributed by atoms with Crippen LogP contribution in [0.1, 0.15) is 31.7 Å². The Morgan fingerprint density at radius 1 is 1.47 bits per heavy atom. The summed E-state index contributed by atoms with van der Waals surface area (Å²) in [5.74, 6) is 0. The molecular formula is C14H20N2O3. The summed E-state index contributed by atoms with van der Waals surface area (Å²) in [6, 6.07) is 6.95. The lowest BCUT2D eigenvalue weighted by molar-refractivity contribution is -0.385. The van der Waals surface area contributed by atoms with Crippen LogP contribution in [-0.4, -0.2) is 33.6 Å². The third-order valence-electron chi connectivity index (χ3n) is 3.78. The molecule has 0 unspecified atom stereocenters. The first-order valence-corrected chi connectivity index (χ1v) is 6.74. The number of aliphatic hydroxyl groups excluding tert-OH is 1. The minimum atomic E-state index is -0.400. The normalized spacial score (nSPS) is 22.1. The van der Waals surface area contributed by atoms with E-state index >= 15 is 0 Å². The molecule has 0 radical (unpaired) electrons. The molecule has 0 saturated carbocycles. The molecule has 1 saturated heterocycles. The third kappa shape index (κ3) is 3.30.